The number of unbranched alkanes of at least 4 members (excludes halogenated alkanes) is 1. The van der Waals surface area contributed by atoms with E-state index in [1.807, 2.05) is 0 Å². The first kappa shape index (κ1) is 14.7. The Balaban J connectivity index is 2.41. The standard InChI is InChI=1S/C12H14INO4/c13-8-4-5-10(15)9(7-8)12(18)14-6-2-1-3-11(16)17/h4-5,7,15H,1-3,6H2,(H,14,18)(H,16,17). The predicted octanol–water partition coefficient (Wildman–Crippen LogP) is 1.98. The van der Waals surface area contributed by atoms with E-state index in [2.05, 4.69) is 27.9 Å². The van der Waals surface area contributed by atoms with Crippen molar-refractivity contribution < 1.29 is 19.8 Å². The van der Waals surface area contributed by atoms with Gasteiger partial charge in [-0.3, -0.25) is 9.59 Å². The van der Waals surface area contributed by atoms with Gasteiger partial charge >= 0.3 is 5.97 Å². The lowest BCUT2D eigenvalue weighted by Crippen LogP contribution is -2.24. The van der Waals surface area contributed by atoms with Gasteiger partial charge in [-0.2, -0.15) is 0 Å². The summed E-state index contributed by atoms with van der Waals surface area (Å²) in [6, 6.07) is 4.78. The summed E-state index contributed by atoms with van der Waals surface area (Å²) >= 11 is 2.06. The highest BCUT2D eigenvalue weighted by Gasteiger charge is 2.10. The van der Waals surface area contributed by atoms with Crippen LogP contribution in [0.1, 0.15) is 29.6 Å². The molecule has 18 heavy (non-hydrogen) atoms. The van der Waals surface area contributed by atoms with E-state index < -0.39 is 5.97 Å². The van der Waals surface area contributed by atoms with Gasteiger partial charge in [0.25, 0.3) is 5.91 Å². The number of rotatable bonds is 6. The Hall–Kier alpha value is -1.31. The van der Waals surface area contributed by atoms with Gasteiger partial charge in [-0.05, 0) is 53.6 Å². The highest BCUT2D eigenvalue weighted by atomic mass is 127. The van der Waals surface area contributed by atoms with Crippen LogP contribution in [0.4, 0.5) is 0 Å². The minimum absolute atomic E-state index is 0.0570. The molecule has 0 aliphatic carbocycles. The molecule has 5 nitrogen and oxygen atoms in total. The third-order valence-corrected chi connectivity index (χ3v) is 2.98. The molecule has 98 valence electrons. The zero-order valence-electron chi connectivity index (χ0n) is 9.65. The van der Waals surface area contributed by atoms with E-state index in [4.69, 9.17) is 5.11 Å². The number of hydrogen-bond donors (Lipinski definition) is 3. The van der Waals surface area contributed by atoms with Crippen molar-refractivity contribution in [2.75, 3.05) is 6.54 Å². The van der Waals surface area contributed by atoms with Crippen molar-refractivity contribution in [3.8, 4) is 5.75 Å². The number of phenols is 1. The van der Waals surface area contributed by atoms with E-state index in [1.165, 1.54) is 6.07 Å². The van der Waals surface area contributed by atoms with Gasteiger partial charge in [-0.15, -0.1) is 0 Å². The summed E-state index contributed by atoms with van der Waals surface area (Å²) in [5, 5.41) is 20.6. The number of phenolic OH excluding ortho intramolecular Hbond substituents is 1. The maximum absolute atomic E-state index is 11.7. The number of aliphatic carboxylic acids is 1. The predicted molar refractivity (Wildman–Crippen MR) is 74.6 cm³/mol. The summed E-state index contributed by atoms with van der Waals surface area (Å²) < 4.78 is 0.862. The molecule has 0 aromatic heterocycles. The van der Waals surface area contributed by atoms with Crippen LogP contribution in [0.15, 0.2) is 18.2 Å². The summed E-state index contributed by atoms with van der Waals surface area (Å²) in [5.41, 5.74) is 0.236. The van der Waals surface area contributed by atoms with Crippen LogP contribution >= 0.6 is 22.6 Å². The van der Waals surface area contributed by atoms with Gasteiger partial charge < -0.3 is 15.5 Å². The zero-order valence-corrected chi connectivity index (χ0v) is 11.8. The fourth-order valence-corrected chi connectivity index (χ4v) is 1.88. The Morgan fingerprint density at radius 3 is 2.67 bits per heavy atom. The second-order valence-electron chi connectivity index (χ2n) is 3.77. The van der Waals surface area contributed by atoms with E-state index in [0.717, 1.165) is 3.57 Å². The maximum Gasteiger partial charge on any atom is 0.303 e. The first-order valence-corrected chi connectivity index (χ1v) is 6.57. The largest absolute Gasteiger partial charge is 0.507 e. The molecule has 1 amide bonds. The molecule has 1 rings (SSSR count). The van der Waals surface area contributed by atoms with Crippen LogP contribution in [0.2, 0.25) is 0 Å². The van der Waals surface area contributed by atoms with Crippen LogP contribution < -0.4 is 5.32 Å². The SMILES string of the molecule is O=C(O)CCCCNC(=O)c1cc(I)ccc1O. The number of carbonyl (C=O) groups excluding carboxylic acids is 1. The van der Waals surface area contributed by atoms with E-state index in [0.29, 0.717) is 19.4 Å². The smallest absolute Gasteiger partial charge is 0.303 e. The Bertz CT molecular complexity index is 448. The molecule has 6 heteroatoms. The average Bonchev–Trinajstić information content (AvgIpc) is 2.31. The highest BCUT2D eigenvalue weighted by molar-refractivity contribution is 14.1. The van der Waals surface area contributed by atoms with Gasteiger partial charge in [-0.25, -0.2) is 0 Å². The second-order valence-corrected chi connectivity index (χ2v) is 5.01. The number of aromatic hydroxyl groups is 1. The third kappa shape index (κ3) is 4.91. The molecule has 0 radical (unpaired) electrons. The minimum atomic E-state index is -0.836. The highest BCUT2D eigenvalue weighted by Crippen LogP contribution is 2.19. The number of hydrogen-bond acceptors (Lipinski definition) is 3. The van der Waals surface area contributed by atoms with E-state index in [9.17, 15) is 14.7 Å². The Morgan fingerprint density at radius 1 is 1.28 bits per heavy atom. The van der Waals surface area contributed by atoms with Crippen molar-refractivity contribution in [1.82, 2.24) is 5.32 Å². The molecule has 0 saturated heterocycles. The van der Waals surface area contributed by atoms with Crippen molar-refractivity contribution in [3.05, 3.63) is 27.3 Å². The monoisotopic (exact) mass is 363 g/mol. The normalized spacial score (nSPS) is 10.1. The molecule has 0 spiro atoms. The first-order chi connectivity index (χ1) is 8.50. The van der Waals surface area contributed by atoms with Crippen LogP contribution in [0.5, 0.6) is 5.75 Å². The van der Waals surface area contributed by atoms with Crippen molar-refractivity contribution >= 4 is 34.5 Å². The zero-order chi connectivity index (χ0) is 13.5. The number of amides is 1. The number of nitrogens with one attached hydrogen (secondary N) is 1. The number of benzene rings is 1. The number of carboxylic acid groups (broad SMARTS) is 1. The van der Waals surface area contributed by atoms with Crippen LogP contribution in [0.25, 0.3) is 0 Å². The molecule has 1 aromatic rings. The molecule has 3 N–H and O–H groups in total. The lowest BCUT2D eigenvalue weighted by Gasteiger charge is -2.06. The fraction of sp³-hybridized carbons (Fsp3) is 0.333. The summed E-state index contributed by atoms with van der Waals surface area (Å²) in [6.45, 7) is 0.400. The summed E-state index contributed by atoms with van der Waals surface area (Å²) in [5.74, 6) is -1.24. The molecule has 0 unspecified atom stereocenters. The molecule has 0 atom stereocenters. The van der Waals surface area contributed by atoms with Crippen molar-refractivity contribution in [3.63, 3.8) is 0 Å². The Kier molecular flexibility index (Phi) is 5.90. The van der Waals surface area contributed by atoms with Gasteiger partial charge in [0.2, 0.25) is 0 Å². The summed E-state index contributed by atoms with van der Waals surface area (Å²) in [4.78, 5) is 22.0. The molecular formula is C12H14INO4. The van der Waals surface area contributed by atoms with E-state index in [-0.39, 0.29) is 23.6 Å². The van der Waals surface area contributed by atoms with Gasteiger partial charge in [0.05, 0.1) is 5.56 Å². The summed E-state index contributed by atoms with van der Waals surface area (Å²) in [6.07, 6.45) is 1.22. The molecule has 0 bridgehead atoms. The van der Waals surface area contributed by atoms with E-state index >= 15 is 0 Å². The first-order valence-electron chi connectivity index (χ1n) is 5.49. The second kappa shape index (κ2) is 7.20. The average molecular weight is 363 g/mol. The van der Waals surface area contributed by atoms with Gasteiger partial charge in [0.15, 0.2) is 0 Å². The van der Waals surface area contributed by atoms with Gasteiger partial charge in [0, 0.05) is 16.5 Å². The molecule has 0 saturated carbocycles. The number of carbonyl (C=O) groups is 2. The number of halogens is 1. The Morgan fingerprint density at radius 2 is 2.00 bits per heavy atom. The number of carboxylic acids is 1. The minimum Gasteiger partial charge on any atom is -0.507 e. The van der Waals surface area contributed by atoms with E-state index in [1.54, 1.807) is 12.1 Å². The van der Waals surface area contributed by atoms with Crippen LogP contribution in [-0.2, 0) is 4.79 Å². The third-order valence-electron chi connectivity index (χ3n) is 2.31. The summed E-state index contributed by atoms with van der Waals surface area (Å²) in [7, 11) is 0. The molecule has 1 aromatic carbocycles. The Labute approximate surface area is 118 Å². The van der Waals surface area contributed by atoms with Crippen LogP contribution in [0.3, 0.4) is 0 Å². The van der Waals surface area contributed by atoms with Crippen molar-refractivity contribution in [2.24, 2.45) is 0 Å². The van der Waals surface area contributed by atoms with Crippen LogP contribution in [-0.4, -0.2) is 28.6 Å². The molecule has 0 aliphatic heterocycles. The maximum atomic E-state index is 11.7. The van der Waals surface area contributed by atoms with Crippen molar-refractivity contribution in [2.45, 2.75) is 19.3 Å². The topological polar surface area (TPSA) is 86.6 Å². The lowest BCUT2D eigenvalue weighted by atomic mass is 10.2. The molecule has 0 fully saturated rings. The quantitative estimate of drug-likeness (QED) is 0.533. The van der Waals surface area contributed by atoms with Crippen molar-refractivity contribution in [1.29, 1.82) is 0 Å². The van der Waals surface area contributed by atoms with Crippen LogP contribution in [0, 0.1) is 3.57 Å². The van der Waals surface area contributed by atoms with Gasteiger partial charge in [0.1, 0.15) is 5.75 Å². The van der Waals surface area contributed by atoms with Gasteiger partial charge in [-0.1, -0.05) is 0 Å². The molecule has 0 heterocycles. The lowest BCUT2D eigenvalue weighted by molar-refractivity contribution is -0.137. The molecule has 0 aliphatic rings. The fourth-order valence-electron chi connectivity index (χ4n) is 1.39. The molecular weight excluding hydrogens is 349 g/mol.